The number of halogens is 1. The van der Waals surface area contributed by atoms with Crippen LogP contribution < -0.4 is 10.1 Å². The molecule has 0 heterocycles. The average molecular weight is 277 g/mol. The number of fused-ring (bicyclic) bond motifs is 2. The molecule has 0 radical (unpaired) electrons. The molecule has 0 saturated heterocycles. The topological polar surface area (TPSA) is 21.3 Å². The van der Waals surface area contributed by atoms with Gasteiger partial charge in [0.25, 0.3) is 0 Å². The van der Waals surface area contributed by atoms with Gasteiger partial charge in [0.1, 0.15) is 11.6 Å². The lowest BCUT2D eigenvalue weighted by atomic mass is 9.82. The van der Waals surface area contributed by atoms with Crippen LogP contribution >= 0.6 is 0 Å². The molecule has 2 nitrogen and oxygen atoms in total. The highest BCUT2D eigenvalue weighted by atomic mass is 19.1. The van der Waals surface area contributed by atoms with Crippen molar-refractivity contribution in [2.24, 2.45) is 17.8 Å². The van der Waals surface area contributed by atoms with Crippen LogP contribution in [0.5, 0.6) is 5.75 Å². The predicted molar refractivity (Wildman–Crippen MR) is 78.3 cm³/mol. The van der Waals surface area contributed by atoms with E-state index in [1.807, 2.05) is 7.05 Å². The lowest BCUT2D eigenvalue weighted by molar-refractivity contribution is 0.280. The fraction of sp³-hybridized carbons (Fsp3) is 0.647. The number of hydrogen-bond donors (Lipinski definition) is 1. The summed E-state index contributed by atoms with van der Waals surface area (Å²) in [6.07, 6.45) is 6.69. The van der Waals surface area contributed by atoms with Crippen LogP contribution in [0.4, 0.5) is 4.39 Å². The molecule has 2 bridgehead atoms. The van der Waals surface area contributed by atoms with Gasteiger partial charge in [-0.2, -0.15) is 0 Å². The van der Waals surface area contributed by atoms with Crippen LogP contribution in [0.3, 0.4) is 0 Å². The molecule has 110 valence electrons. The molecule has 1 aromatic carbocycles. The lowest BCUT2D eigenvalue weighted by Crippen LogP contribution is -2.23. The summed E-state index contributed by atoms with van der Waals surface area (Å²) in [4.78, 5) is 0. The van der Waals surface area contributed by atoms with Crippen molar-refractivity contribution < 1.29 is 9.13 Å². The molecule has 2 saturated carbocycles. The summed E-state index contributed by atoms with van der Waals surface area (Å²) in [6.45, 7) is 0. The van der Waals surface area contributed by atoms with Gasteiger partial charge in [-0.25, -0.2) is 4.39 Å². The maximum atomic E-state index is 13.6. The van der Waals surface area contributed by atoms with Crippen molar-refractivity contribution >= 4 is 0 Å². The molecule has 3 heteroatoms. The third-order valence-corrected chi connectivity index (χ3v) is 5.34. The van der Waals surface area contributed by atoms with Gasteiger partial charge < -0.3 is 10.1 Å². The zero-order valence-corrected chi connectivity index (χ0v) is 12.4. The van der Waals surface area contributed by atoms with E-state index in [4.69, 9.17) is 4.74 Å². The predicted octanol–water partition coefficient (Wildman–Crippen LogP) is 3.92. The maximum absolute atomic E-state index is 13.6. The summed E-state index contributed by atoms with van der Waals surface area (Å²) in [5.41, 5.74) is 0.956. The van der Waals surface area contributed by atoms with Crippen molar-refractivity contribution in [1.29, 1.82) is 0 Å². The normalized spacial score (nSPS) is 29.6. The van der Waals surface area contributed by atoms with E-state index < -0.39 is 0 Å². The molecule has 0 amide bonds. The van der Waals surface area contributed by atoms with Gasteiger partial charge in [-0.3, -0.25) is 0 Å². The average Bonchev–Trinajstić information content (AvgIpc) is 3.07. The van der Waals surface area contributed by atoms with Crippen molar-refractivity contribution in [3.8, 4) is 5.75 Å². The van der Waals surface area contributed by atoms with E-state index in [9.17, 15) is 4.39 Å². The van der Waals surface area contributed by atoms with E-state index in [2.05, 4.69) is 5.32 Å². The Kier molecular flexibility index (Phi) is 3.97. The quantitative estimate of drug-likeness (QED) is 0.880. The minimum atomic E-state index is -0.186. The molecular formula is C17H24FNO. The van der Waals surface area contributed by atoms with E-state index in [1.54, 1.807) is 19.2 Å². The number of rotatable bonds is 5. The molecule has 2 aliphatic carbocycles. The molecule has 4 atom stereocenters. The Hall–Kier alpha value is -1.09. The smallest absolute Gasteiger partial charge is 0.123 e. The molecule has 0 spiro atoms. The minimum absolute atomic E-state index is 0.185. The first-order valence-electron chi connectivity index (χ1n) is 7.72. The minimum Gasteiger partial charge on any atom is -0.496 e. The Balaban J connectivity index is 1.77. The number of methoxy groups -OCH3 is 1. The van der Waals surface area contributed by atoms with Crippen molar-refractivity contribution in [2.45, 2.75) is 38.1 Å². The van der Waals surface area contributed by atoms with Crippen LogP contribution in [0.25, 0.3) is 0 Å². The summed E-state index contributed by atoms with van der Waals surface area (Å²) in [5.74, 6) is 3.24. The van der Waals surface area contributed by atoms with Gasteiger partial charge in [0.05, 0.1) is 7.11 Å². The first-order chi connectivity index (χ1) is 9.71. The number of hydrogen-bond acceptors (Lipinski definition) is 2. The van der Waals surface area contributed by atoms with Crippen LogP contribution in [0, 0.1) is 23.6 Å². The second-order valence-electron chi connectivity index (χ2n) is 6.40. The number of nitrogens with one attached hydrogen (secondary N) is 1. The molecule has 20 heavy (non-hydrogen) atoms. The highest BCUT2D eigenvalue weighted by Gasteiger charge is 2.40. The summed E-state index contributed by atoms with van der Waals surface area (Å²) < 4.78 is 19.0. The van der Waals surface area contributed by atoms with Gasteiger partial charge in [-0.1, -0.05) is 6.42 Å². The molecule has 1 N–H and O–H groups in total. The Bertz CT molecular complexity index is 476. The monoisotopic (exact) mass is 277 g/mol. The largest absolute Gasteiger partial charge is 0.496 e. The van der Waals surface area contributed by atoms with Gasteiger partial charge in [-0.15, -0.1) is 0 Å². The standard InChI is InChI=1S/C17H24FNO/c1-19-16(9-13-8-11-3-4-12(13)7-11)15-10-14(18)5-6-17(15)20-2/h5-6,10-13,16,19H,3-4,7-9H2,1-2H3. The fourth-order valence-corrected chi connectivity index (χ4v) is 4.35. The van der Waals surface area contributed by atoms with Crippen molar-refractivity contribution in [3.05, 3.63) is 29.6 Å². The highest BCUT2D eigenvalue weighted by molar-refractivity contribution is 5.36. The van der Waals surface area contributed by atoms with Gasteiger partial charge in [0.2, 0.25) is 0 Å². The summed E-state index contributed by atoms with van der Waals surface area (Å²) in [6, 6.07) is 5.00. The molecule has 2 fully saturated rings. The van der Waals surface area contributed by atoms with E-state index in [0.29, 0.717) is 0 Å². The van der Waals surface area contributed by atoms with E-state index in [1.165, 1.54) is 31.7 Å². The SMILES string of the molecule is CNC(CC1CC2CCC1C2)c1cc(F)ccc1OC. The zero-order valence-electron chi connectivity index (χ0n) is 12.4. The van der Waals surface area contributed by atoms with Gasteiger partial charge >= 0.3 is 0 Å². The third-order valence-electron chi connectivity index (χ3n) is 5.34. The summed E-state index contributed by atoms with van der Waals surface area (Å²) in [7, 11) is 3.61. The van der Waals surface area contributed by atoms with E-state index in [-0.39, 0.29) is 11.9 Å². The van der Waals surface area contributed by atoms with Crippen LogP contribution in [-0.4, -0.2) is 14.2 Å². The van der Waals surface area contributed by atoms with Crippen LogP contribution in [0.2, 0.25) is 0 Å². The molecule has 1 aromatic rings. The first-order valence-corrected chi connectivity index (χ1v) is 7.72. The maximum Gasteiger partial charge on any atom is 0.123 e. The molecule has 3 rings (SSSR count). The molecular weight excluding hydrogens is 253 g/mol. The molecule has 2 aliphatic rings. The Morgan fingerprint density at radius 2 is 2.20 bits per heavy atom. The molecule has 0 aromatic heterocycles. The fourth-order valence-electron chi connectivity index (χ4n) is 4.35. The second-order valence-corrected chi connectivity index (χ2v) is 6.40. The highest BCUT2D eigenvalue weighted by Crippen LogP contribution is 2.51. The Morgan fingerprint density at radius 1 is 1.35 bits per heavy atom. The van der Waals surface area contributed by atoms with E-state index >= 15 is 0 Å². The van der Waals surface area contributed by atoms with Crippen LogP contribution in [0.1, 0.15) is 43.7 Å². The molecule has 0 aliphatic heterocycles. The Labute approximate surface area is 120 Å². The summed E-state index contributed by atoms with van der Waals surface area (Å²) in [5, 5.41) is 3.36. The third kappa shape index (κ3) is 2.56. The first kappa shape index (κ1) is 13.9. The van der Waals surface area contributed by atoms with Gasteiger partial charge in [-0.05, 0) is 68.7 Å². The molecule has 4 unspecified atom stereocenters. The van der Waals surface area contributed by atoms with Crippen molar-refractivity contribution in [3.63, 3.8) is 0 Å². The summed E-state index contributed by atoms with van der Waals surface area (Å²) >= 11 is 0. The number of ether oxygens (including phenoxy) is 1. The van der Waals surface area contributed by atoms with Crippen LogP contribution in [0.15, 0.2) is 18.2 Å². The van der Waals surface area contributed by atoms with Gasteiger partial charge in [0, 0.05) is 11.6 Å². The van der Waals surface area contributed by atoms with Gasteiger partial charge in [0.15, 0.2) is 0 Å². The van der Waals surface area contributed by atoms with Crippen LogP contribution in [-0.2, 0) is 0 Å². The van der Waals surface area contributed by atoms with E-state index in [0.717, 1.165) is 35.5 Å². The van der Waals surface area contributed by atoms with Crippen molar-refractivity contribution in [2.75, 3.05) is 14.2 Å². The number of benzene rings is 1. The lowest BCUT2D eigenvalue weighted by Gasteiger charge is -2.27. The zero-order chi connectivity index (χ0) is 14.1. The Morgan fingerprint density at radius 3 is 2.80 bits per heavy atom. The van der Waals surface area contributed by atoms with Crippen molar-refractivity contribution in [1.82, 2.24) is 5.32 Å². The second kappa shape index (κ2) is 5.72.